The molecule has 0 aliphatic rings. The van der Waals surface area contributed by atoms with Crippen molar-refractivity contribution in [3.05, 3.63) is 52.0 Å². The number of thiazole rings is 1. The van der Waals surface area contributed by atoms with E-state index < -0.39 is 9.84 Å². The quantitative estimate of drug-likeness (QED) is 0.350. The maximum Gasteiger partial charge on any atom is 0.228 e. The molecule has 0 fully saturated rings. The normalized spacial score (nSPS) is 11.9. The monoisotopic (exact) mass is 527 g/mol. The molecule has 10 heteroatoms. The van der Waals surface area contributed by atoms with Crippen molar-refractivity contribution < 1.29 is 13.2 Å². The van der Waals surface area contributed by atoms with Gasteiger partial charge in [-0.25, -0.2) is 13.4 Å². The van der Waals surface area contributed by atoms with E-state index in [9.17, 15) is 13.2 Å². The van der Waals surface area contributed by atoms with Crippen molar-refractivity contribution in [3.63, 3.8) is 0 Å². The summed E-state index contributed by atoms with van der Waals surface area (Å²) in [5.74, 6) is -0.260. The summed E-state index contributed by atoms with van der Waals surface area (Å²) in [6, 6.07) is 9.81. The van der Waals surface area contributed by atoms with Crippen LogP contribution in [0.4, 0.5) is 5.13 Å². The molecule has 0 unspecified atom stereocenters. The molecule has 0 atom stereocenters. The van der Waals surface area contributed by atoms with Gasteiger partial charge in [0.1, 0.15) is 0 Å². The standard InChI is InChI=1S/C23H27Cl2N3O3S2/c1-16-7-12-19(25)22-21(16)26-23(32-22)28(14-5-13-27(2)3)20(29)6-4-15-33(30,31)18-10-8-17(24)9-11-18/h7-12H,4-6,13-15H2,1-3H3. The van der Waals surface area contributed by atoms with Crippen molar-refractivity contribution in [1.29, 1.82) is 0 Å². The van der Waals surface area contributed by atoms with Crippen LogP contribution in [0.25, 0.3) is 10.2 Å². The van der Waals surface area contributed by atoms with Crippen LogP contribution in [0.3, 0.4) is 0 Å². The summed E-state index contributed by atoms with van der Waals surface area (Å²) in [4.78, 5) is 21.8. The third-order valence-corrected chi connectivity index (χ3v) is 8.79. The molecule has 1 amide bonds. The average Bonchev–Trinajstić information content (AvgIpc) is 3.20. The van der Waals surface area contributed by atoms with Gasteiger partial charge in [0.05, 0.1) is 25.9 Å². The lowest BCUT2D eigenvalue weighted by molar-refractivity contribution is -0.118. The second-order valence-electron chi connectivity index (χ2n) is 8.12. The van der Waals surface area contributed by atoms with Crippen molar-refractivity contribution >= 4 is 65.6 Å². The average molecular weight is 529 g/mol. The number of rotatable bonds is 10. The van der Waals surface area contributed by atoms with Gasteiger partial charge in [-0.2, -0.15) is 0 Å². The van der Waals surface area contributed by atoms with Crippen molar-refractivity contribution in [1.82, 2.24) is 9.88 Å². The zero-order valence-electron chi connectivity index (χ0n) is 18.8. The van der Waals surface area contributed by atoms with Crippen LogP contribution in [0.5, 0.6) is 0 Å². The number of hydrogen-bond donors (Lipinski definition) is 0. The summed E-state index contributed by atoms with van der Waals surface area (Å²) in [6.07, 6.45) is 1.10. The lowest BCUT2D eigenvalue weighted by atomic mass is 10.2. The van der Waals surface area contributed by atoms with E-state index in [2.05, 4.69) is 4.90 Å². The van der Waals surface area contributed by atoms with E-state index >= 15 is 0 Å². The maximum absolute atomic E-state index is 13.2. The Balaban J connectivity index is 1.75. The third-order valence-electron chi connectivity index (χ3n) is 5.18. The molecule has 178 valence electrons. The number of hydrogen-bond acceptors (Lipinski definition) is 6. The molecule has 6 nitrogen and oxygen atoms in total. The third kappa shape index (κ3) is 6.67. The first-order valence-corrected chi connectivity index (χ1v) is 13.8. The molecule has 0 saturated heterocycles. The summed E-state index contributed by atoms with van der Waals surface area (Å²) >= 11 is 13.6. The molecule has 1 heterocycles. The Morgan fingerprint density at radius 3 is 2.36 bits per heavy atom. The zero-order chi connectivity index (χ0) is 24.2. The Kier molecular flexibility index (Phi) is 8.75. The van der Waals surface area contributed by atoms with Crippen molar-refractivity contribution in [2.75, 3.05) is 37.8 Å². The van der Waals surface area contributed by atoms with Crippen LogP contribution in [0.15, 0.2) is 41.3 Å². The van der Waals surface area contributed by atoms with Gasteiger partial charge < -0.3 is 4.90 Å². The van der Waals surface area contributed by atoms with Gasteiger partial charge in [-0.05, 0) is 76.3 Å². The van der Waals surface area contributed by atoms with Crippen LogP contribution < -0.4 is 4.90 Å². The van der Waals surface area contributed by atoms with Crippen molar-refractivity contribution in [2.24, 2.45) is 0 Å². The Morgan fingerprint density at radius 1 is 1.03 bits per heavy atom. The van der Waals surface area contributed by atoms with Crippen LogP contribution in [-0.2, 0) is 14.6 Å². The number of aryl methyl sites for hydroxylation is 1. The van der Waals surface area contributed by atoms with Gasteiger partial charge in [0.15, 0.2) is 15.0 Å². The fourth-order valence-corrected chi connectivity index (χ4v) is 6.18. The molecule has 0 bridgehead atoms. The summed E-state index contributed by atoms with van der Waals surface area (Å²) in [6.45, 7) is 3.28. The first-order chi connectivity index (χ1) is 15.6. The van der Waals surface area contributed by atoms with E-state index in [1.807, 2.05) is 33.2 Å². The number of aromatic nitrogens is 1. The molecule has 1 aromatic heterocycles. The molecule has 3 aromatic rings. The number of nitrogens with zero attached hydrogens (tertiary/aromatic N) is 3. The maximum atomic E-state index is 13.2. The van der Waals surface area contributed by atoms with Gasteiger partial charge in [0.25, 0.3) is 0 Å². The SMILES string of the molecule is Cc1ccc(Cl)c2sc(N(CCCN(C)C)C(=O)CCCS(=O)(=O)c3ccc(Cl)cc3)nc12. The molecule has 0 spiro atoms. The summed E-state index contributed by atoms with van der Waals surface area (Å²) in [7, 11) is 0.472. The topological polar surface area (TPSA) is 70.6 Å². The Morgan fingerprint density at radius 2 is 1.73 bits per heavy atom. The predicted molar refractivity (Wildman–Crippen MR) is 138 cm³/mol. The molecule has 33 heavy (non-hydrogen) atoms. The lowest BCUT2D eigenvalue weighted by Gasteiger charge is -2.21. The molecule has 0 saturated carbocycles. The van der Waals surface area contributed by atoms with E-state index in [0.717, 1.165) is 28.7 Å². The first kappa shape index (κ1) is 25.9. The van der Waals surface area contributed by atoms with Gasteiger partial charge in [-0.1, -0.05) is 40.6 Å². The van der Waals surface area contributed by atoms with E-state index in [1.165, 1.54) is 23.5 Å². The highest BCUT2D eigenvalue weighted by molar-refractivity contribution is 7.91. The van der Waals surface area contributed by atoms with Crippen LogP contribution in [0.1, 0.15) is 24.8 Å². The summed E-state index contributed by atoms with van der Waals surface area (Å²) in [5, 5.41) is 1.67. The molecular weight excluding hydrogens is 501 g/mol. The van der Waals surface area contributed by atoms with Gasteiger partial charge in [0, 0.05) is 18.0 Å². The first-order valence-electron chi connectivity index (χ1n) is 10.6. The van der Waals surface area contributed by atoms with E-state index in [0.29, 0.717) is 21.7 Å². The Labute approximate surface area is 209 Å². The molecule has 0 aliphatic heterocycles. The van der Waals surface area contributed by atoms with Gasteiger partial charge in [-0.3, -0.25) is 9.69 Å². The highest BCUT2D eigenvalue weighted by Gasteiger charge is 2.22. The molecule has 0 radical (unpaired) electrons. The largest absolute Gasteiger partial charge is 0.309 e. The number of anilines is 1. The van der Waals surface area contributed by atoms with Crippen LogP contribution in [0.2, 0.25) is 10.0 Å². The highest BCUT2D eigenvalue weighted by Crippen LogP contribution is 2.36. The molecule has 0 aliphatic carbocycles. The van der Waals surface area contributed by atoms with Crippen LogP contribution >= 0.6 is 34.5 Å². The second kappa shape index (κ2) is 11.1. The van der Waals surface area contributed by atoms with Crippen LogP contribution in [0, 0.1) is 6.92 Å². The van der Waals surface area contributed by atoms with E-state index in [1.54, 1.807) is 17.0 Å². The number of fused-ring (bicyclic) bond motifs is 1. The van der Waals surface area contributed by atoms with Gasteiger partial charge in [0.2, 0.25) is 5.91 Å². The number of amides is 1. The van der Waals surface area contributed by atoms with Gasteiger partial charge in [-0.15, -0.1) is 0 Å². The summed E-state index contributed by atoms with van der Waals surface area (Å²) < 4.78 is 26.1. The van der Waals surface area contributed by atoms with Crippen molar-refractivity contribution in [3.8, 4) is 0 Å². The van der Waals surface area contributed by atoms with Crippen LogP contribution in [-0.4, -0.2) is 57.1 Å². The predicted octanol–water partition coefficient (Wildman–Crippen LogP) is 5.45. The Hall–Kier alpha value is -1.71. The molecule has 2 aromatic carbocycles. The number of benzene rings is 2. The fourth-order valence-electron chi connectivity index (χ4n) is 3.39. The molecular formula is C23H27Cl2N3O3S2. The zero-order valence-corrected chi connectivity index (χ0v) is 22.0. The smallest absolute Gasteiger partial charge is 0.228 e. The number of carbonyl (C=O) groups is 1. The number of carbonyl (C=O) groups excluding carboxylic acids is 1. The summed E-state index contributed by atoms with van der Waals surface area (Å²) in [5.41, 5.74) is 1.78. The minimum absolute atomic E-state index is 0.109. The lowest BCUT2D eigenvalue weighted by Crippen LogP contribution is -2.33. The Bertz CT molecular complexity index is 1190. The minimum atomic E-state index is -3.49. The number of sulfone groups is 1. The fraction of sp³-hybridized carbons (Fsp3) is 0.391. The number of halogens is 2. The minimum Gasteiger partial charge on any atom is -0.309 e. The highest BCUT2D eigenvalue weighted by atomic mass is 35.5. The molecule has 3 rings (SSSR count). The van der Waals surface area contributed by atoms with E-state index in [4.69, 9.17) is 28.2 Å². The van der Waals surface area contributed by atoms with Crippen molar-refractivity contribution in [2.45, 2.75) is 31.1 Å². The van der Waals surface area contributed by atoms with Gasteiger partial charge >= 0.3 is 0 Å². The second-order valence-corrected chi connectivity index (χ2v) is 12.0. The van der Waals surface area contributed by atoms with E-state index in [-0.39, 0.29) is 29.4 Å². The molecule has 0 N–H and O–H groups in total.